The molecule has 0 aliphatic heterocycles. The Bertz CT molecular complexity index is 911. The lowest BCUT2D eigenvalue weighted by molar-refractivity contribution is 0.538. The zero-order valence-corrected chi connectivity index (χ0v) is 17.1. The molecule has 1 atom stereocenters. The van der Waals surface area contributed by atoms with Crippen LogP contribution in [-0.2, 0) is 5.41 Å². The number of hydrogen-bond donors (Lipinski definition) is 2. The lowest BCUT2D eigenvalue weighted by Crippen LogP contribution is -2.14. The van der Waals surface area contributed by atoms with Crippen molar-refractivity contribution >= 4 is 27.3 Å². The van der Waals surface area contributed by atoms with Crippen molar-refractivity contribution in [2.45, 2.75) is 51.0 Å². The van der Waals surface area contributed by atoms with Crippen LogP contribution in [0.5, 0.6) is 0 Å². The van der Waals surface area contributed by atoms with E-state index >= 15 is 0 Å². The zero-order chi connectivity index (χ0) is 19.1. The van der Waals surface area contributed by atoms with E-state index in [4.69, 9.17) is 10.1 Å². The number of hydrogen-bond acceptors (Lipinski definition) is 4. The monoisotopic (exact) mass is 372 g/mol. The Balaban J connectivity index is 2.09. The van der Waals surface area contributed by atoms with Crippen LogP contribution >= 0.6 is 10.5 Å². The molecule has 5 nitrogen and oxygen atoms in total. The molecule has 2 N–H and O–H groups in total. The summed E-state index contributed by atoms with van der Waals surface area (Å²) >= 11 is 0. The maximum atomic E-state index is 11.0. The molecule has 140 valence electrons. The topological polar surface area (TPSA) is 63.0 Å². The van der Waals surface area contributed by atoms with Gasteiger partial charge >= 0.3 is 0 Å². The van der Waals surface area contributed by atoms with Gasteiger partial charge in [0.15, 0.2) is 11.5 Å². The van der Waals surface area contributed by atoms with E-state index < -0.39 is 10.5 Å². The van der Waals surface area contributed by atoms with Crippen LogP contribution in [0.25, 0.3) is 11.0 Å². The van der Waals surface area contributed by atoms with E-state index in [0.717, 1.165) is 21.6 Å². The van der Waals surface area contributed by atoms with Gasteiger partial charge in [0.1, 0.15) is 0 Å². The lowest BCUT2D eigenvalue weighted by Gasteiger charge is -2.30. The van der Waals surface area contributed by atoms with E-state index in [9.17, 15) is 4.55 Å². The fourth-order valence-corrected chi connectivity index (χ4v) is 4.13. The van der Waals surface area contributed by atoms with E-state index in [0.29, 0.717) is 5.82 Å². The normalized spacial score (nSPS) is 15.8. The number of aromatic nitrogens is 3. The quantitative estimate of drug-likeness (QED) is 0.625. The number of benzene rings is 1. The first-order chi connectivity index (χ1) is 12.1. The molecule has 0 amide bonds. The molecule has 0 bridgehead atoms. The van der Waals surface area contributed by atoms with Crippen LogP contribution in [0.15, 0.2) is 47.4 Å². The summed E-state index contributed by atoms with van der Waals surface area (Å²) in [6.45, 7) is 10.6. The molecule has 3 aromatic rings. The Hall–Kier alpha value is -2.05. The van der Waals surface area contributed by atoms with E-state index in [1.165, 1.54) is 0 Å². The van der Waals surface area contributed by atoms with Crippen molar-refractivity contribution < 1.29 is 4.55 Å². The van der Waals surface area contributed by atoms with Crippen molar-refractivity contribution in [2.75, 3.05) is 11.0 Å². The van der Waals surface area contributed by atoms with Gasteiger partial charge in [-0.1, -0.05) is 39.0 Å². The first-order valence-corrected chi connectivity index (χ1v) is 10.8. The molecule has 26 heavy (non-hydrogen) atoms. The molecular formula is C20H28N4OS. The molecule has 0 fully saturated rings. The summed E-state index contributed by atoms with van der Waals surface area (Å²) in [5.41, 5.74) is 1.84. The second-order valence-corrected chi connectivity index (χ2v) is 10.4. The maximum Gasteiger partial charge on any atom is 0.168 e. The third kappa shape index (κ3) is 3.57. The van der Waals surface area contributed by atoms with Crippen molar-refractivity contribution in [1.29, 1.82) is 0 Å². The van der Waals surface area contributed by atoms with Gasteiger partial charge in [-0.25, -0.2) is 9.67 Å². The average Bonchev–Trinajstić information content (AvgIpc) is 2.92. The highest BCUT2D eigenvalue weighted by molar-refractivity contribution is 8.29. The van der Waals surface area contributed by atoms with Crippen molar-refractivity contribution in [3.8, 4) is 0 Å². The smallest absolute Gasteiger partial charge is 0.168 e. The fraction of sp³-hybridized carbons (Fsp3) is 0.400. The minimum Gasteiger partial charge on any atom is -0.329 e. The molecule has 2 aromatic heterocycles. The second kappa shape index (κ2) is 6.59. The highest BCUT2D eigenvalue weighted by Gasteiger charge is 2.23. The van der Waals surface area contributed by atoms with Crippen molar-refractivity contribution in [1.82, 2.24) is 14.8 Å². The van der Waals surface area contributed by atoms with Crippen molar-refractivity contribution in [3.63, 3.8) is 0 Å². The van der Waals surface area contributed by atoms with Crippen LogP contribution < -0.4 is 4.72 Å². The fourth-order valence-electron chi connectivity index (χ4n) is 2.80. The van der Waals surface area contributed by atoms with Gasteiger partial charge in [0.25, 0.3) is 0 Å². The summed E-state index contributed by atoms with van der Waals surface area (Å²) in [4.78, 5) is 5.75. The van der Waals surface area contributed by atoms with Gasteiger partial charge in [0, 0.05) is 28.3 Å². The highest BCUT2D eigenvalue weighted by Crippen LogP contribution is 2.48. The number of rotatable bonds is 4. The molecule has 0 spiro atoms. The molecule has 3 rings (SSSR count). The Morgan fingerprint density at radius 2 is 1.73 bits per heavy atom. The molecule has 1 unspecified atom stereocenters. The second-order valence-electron chi connectivity index (χ2n) is 8.00. The first-order valence-electron chi connectivity index (χ1n) is 8.83. The average molecular weight is 373 g/mol. The minimum absolute atomic E-state index is 0.0331. The van der Waals surface area contributed by atoms with E-state index in [1.54, 1.807) is 0 Å². The number of anilines is 1. The Kier molecular flexibility index (Phi) is 4.75. The maximum absolute atomic E-state index is 11.0. The van der Waals surface area contributed by atoms with Crippen LogP contribution in [0.1, 0.15) is 46.4 Å². The Morgan fingerprint density at radius 1 is 1.08 bits per heavy atom. The van der Waals surface area contributed by atoms with Crippen LogP contribution in [-0.4, -0.2) is 25.6 Å². The SMILES string of the molecule is CC(C)n1nc(NS(C)(O)c2ccccc2)c2ccc(C(C)(C)C)nc21. The van der Waals surface area contributed by atoms with Gasteiger partial charge in [-0.15, -0.1) is 0 Å². The number of nitrogens with one attached hydrogen (secondary N) is 1. The molecule has 1 aromatic carbocycles. The van der Waals surface area contributed by atoms with Gasteiger partial charge < -0.3 is 9.27 Å². The van der Waals surface area contributed by atoms with Crippen molar-refractivity contribution in [2.24, 2.45) is 0 Å². The molecule has 0 saturated carbocycles. The Labute approximate surface area is 157 Å². The van der Waals surface area contributed by atoms with E-state index in [2.05, 4.69) is 45.4 Å². The standard InChI is InChI=1S/C20H28N4OS/c1-14(2)24-19-16(12-13-17(21-19)20(3,4)5)18(22-24)23-26(6,25)15-10-8-7-9-11-15/h7-14,25H,1-6H3,(H,22,23). The van der Waals surface area contributed by atoms with Crippen LogP contribution in [0.4, 0.5) is 5.82 Å². The molecule has 6 heteroatoms. The third-order valence-electron chi connectivity index (χ3n) is 4.31. The van der Waals surface area contributed by atoms with Gasteiger partial charge in [-0.05, 0) is 48.6 Å². The number of pyridine rings is 1. The summed E-state index contributed by atoms with van der Waals surface area (Å²) < 4.78 is 16.2. The molecule has 0 aliphatic carbocycles. The summed E-state index contributed by atoms with van der Waals surface area (Å²) in [6, 6.07) is 13.9. The molecule has 0 saturated heterocycles. The molecular weight excluding hydrogens is 344 g/mol. The van der Waals surface area contributed by atoms with Crippen molar-refractivity contribution in [3.05, 3.63) is 48.2 Å². The Morgan fingerprint density at radius 3 is 2.31 bits per heavy atom. The summed E-state index contributed by atoms with van der Waals surface area (Å²) in [6.07, 6.45) is 1.82. The summed E-state index contributed by atoms with van der Waals surface area (Å²) in [5, 5.41) is 5.65. The first kappa shape index (κ1) is 18.7. The summed E-state index contributed by atoms with van der Waals surface area (Å²) in [7, 11) is -2.21. The summed E-state index contributed by atoms with van der Waals surface area (Å²) in [5.74, 6) is 0.672. The van der Waals surface area contributed by atoms with Crippen LogP contribution in [0, 0.1) is 0 Å². The number of fused-ring (bicyclic) bond motifs is 1. The number of nitrogens with zero attached hydrogens (tertiary/aromatic N) is 3. The zero-order valence-electron chi connectivity index (χ0n) is 16.3. The molecule has 0 radical (unpaired) electrons. The van der Waals surface area contributed by atoms with Crippen LogP contribution in [0.2, 0.25) is 0 Å². The van der Waals surface area contributed by atoms with Gasteiger partial charge in [-0.3, -0.25) is 0 Å². The van der Waals surface area contributed by atoms with Crippen LogP contribution in [0.3, 0.4) is 0 Å². The largest absolute Gasteiger partial charge is 0.329 e. The van der Waals surface area contributed by atoms with Gasteiger partial charge in [0.2, 0.25) is 0 Å². The molecule has 2 heterocycles. The lowest BCUT2D eigenvalue weighted by atomic mass is 9.91. The van der Waals surface area contributed by atoms with E-state index in [1.807, 2.05) is 47.3 Å². The molecule has 0 aliphatic rings. The minimum atomic E-state index is -2.21. The third-order valence-corrected chi connectivity index (χ3v) is 6.09. The predicted octanol–water partition coefficient (Wildman–Crippen LogP) is 5.60. The highest BCUT2D eigenvalue weighted by atomic mass is 32.3. The van der Waals surface area contributed by atoms with E-state index in [-0.39, 0.29) is 11.5 Å². The predicted molar refractivity (Wildman–Crippen MR) is 111 cm³/mol. The van der Waals surface area contributed by atoms with Gasteiger partial charge in [-0.2, -0.15) is 5.10 Å². The van der Waals surface area contributed by atoms with Gasteiger partial charge in [0.05, 0.1) is 5.39 Å².